The lowest BCUT2D eigenvalue weighted by atomic mass is 10.0. The molecule has 0 spiro atoms. The average molecular weight is 1240 g/mol. The molecule has 0 fully saturated rings. The van der Waals surface area contributed by atoms with Crippen LogP contribution in [0.1, 0.15) is 50.7 Å². The van der Waals surface area contributed by atoms with Gasteiger partial charge in [0, 0.05) is 91.0 Å². The van der Waals surface area contributed by atoms with Gasteiger partial charge >= 0.3 is 48.2 Å². The number of anilines is 16. The van der Waals surface area contributed by atoms with Gasteiger partial charge in [0.15, 0.2) is 0 Å². The zero-order valence-electron chi connectivity index (χ0n) is 50.2. The summed E-state index contributed by atoms with van der Waals surface area (Å²) >= 11 is 0. The van der Waals surface area contributed by atoms with Crippen molar-refractivity contribution in [2.24, 2.45) is 0 Å². The van der Waals surface area contributed by atoms with Gasteiger partial charge in [0.2, 0.25) is 0 Å². The molecule has 0 radical (unpaired) electrons. The van der Waals surface area contributed by atoms with Crippen molar-refractivity contribution >= 4 is 139 Å². The molecule has 0 bridgehead atoms. The summed E-state index contributed by atoms with van der Waals surface area (Å²) < 4.78 is 0. The maximum Gasteiger partial charge on any atom is 0.323 e. The summed E-state index contributed by atoms with van der Waals surface area (Å²) in [6.45, 7) is 8.17. The Morgan fingerprint density at radius 2 is 0.337 bits per heavy atom. The molecule has 0 aliphatic carbocycles. The molecule has 9 aromatic rings. The van der Waals surface area contributed by atoms with Gasteiger partial charge in [0.1, 0.15) is 0 Å². The van der Waals surface area contributed by atoms with E-state index in [-0.39, 0.29) is 11.8 Å². The van der Waals surface area contributed by atoms with Crippen LogP contribution in [0.5, 0.6) is 0 Å². The SMILES string of the molecule is CC(C)c1ccccc1NC(=O)Nc1cccc(NC(=O)Nc2cccc(NC(=O)Nc3cccc(NC(=O)Nc4cccc(NC(=O)Nc5cccc(NC(=O)Nc6cccc(NC(=O)Nc7cccc(NC(=O)Nc8ccccc8C(C)C)c7)c6)c5)c4)c3)c2)c1. The molecule has 92 heavy (non-hydrogen) atoms. The fourth-order valence-electron chi connectivity index (χ4n) is 9.28. The second-order valence-electron chi connectivity index (χ2n) is 21.2. The summed E-state index contributed by atoms with van der Waals surface area (Å²) in [4.78, 5) is 104. The van der Waals surface area contributed by atoms with Gasteiger partial charge in [-0.2, -0.15) is 0 Å². The predicted octanol–water partition coefficient (Wildman–Crippen LogP) is 17.1. The molecule has 24 heteroatoms. The minimum Gasteiger partial charge on any atom is -0.308 e. The van der Waals surface area contributed by atoms with E-state index in [0.29, 0.717) is 91.0 Å². The Morgan fingerprint density at radius 1 is 0.196 bits per heavy atom. The Bertz CT molecular complexity index is 3940. The first-order valence-corrected chi connectivity index (χ1v) is 28.9. The second kappa shape index (κ2) is 30.7. The molecule has 9 rings (SSSR count). The lowest BCUT2D eigenvalue weighted by Crippen LogP contribution is -2.22. The molecular weight excluding hydrogens is 1170 g/mol. The maximum atomic E-state index is 13.1. The zero-order valence-corrected chi connectivity index (χ0v) is 50.2. The van der Waals surface area contributed by atoms with Crippen LogP contribution in [0.15, 0.2) is 218 Å². The smallest absolute Gasteiger partial charge is 0.308 e. The van der Waals surface area contributed by atoms with Crippen LogP contribution >= 0.6 is 0 Å². The van der Waals surface area contributed by atoms with Crippen molar-refractivity contribution in [3.63, 3.8) is 0 Å². The van der Waals surface area contributed by atoms with Crippen LogP contribution in [0.2, 0.25) is 0 Å². The van der Waals surface area contributed by atoms with Crippen LogP contribution in [0.25, 0.3) is 0 Å². The maximum absolute atomic E-state index is 13.1. The largest absolute Gasteiger partial charge is 0.323 e. The van der Waals surface area contributed by atoms with Gasteiger partial charge in [-0.1, -0.05) is 107 Å². The third-order valence-corrected chi connectivity index (χ3v) is 13.3. The van der Waals surface area contributed by atoms with E-state index in [1.54, 1.807) is 170 Å². The standard InChI is InChI=1S/C68H66N16O8/c1-41(2)57-30-5-7-32-59(57)83-67(91)81-55-28-14-26-53(39-55)79-65(89)77-51-24-12-22-49(37-51)75-63(87)73-47-20-10-18-45(35-47)71-61(85)69-43-16-9-17-44(34-43)70-62(86)72-46-19-11-21-48(36-46)74-64(88)76-50-23-13-25-52(38-50)78-66(90)80-54-27-15-29-56(40-54)82-68(92)84-60-33-8-6-31-58(60)42(3)4/h5-42H,1-4H3,(H2,69,71,85)(H2,70,72,86)(H2,73,75,87)(H2,74,76,88)(H2,77,79,89)(H2,78,80,90)(H2,81,83,91)(H2,82,84,92). The van der Waals surface area contributed by atoms with Gasteiger partial charge in [-0.3, -0.25) is 0 Å². The van der Waals surface area contributed by atoms with Gasteiger partial charge in [0.25, 0.3) is 0 Å². The Morgan fingerprint density at radius 3 is 0.489 bits per heavy atom. The number of urea groups is 8. The fraction of sp³-hybridized carbons (Fsp3) is 0.0882. The van der Waals surface area contributed by atoms with Crippen molar-refractivity contribution in [1.29, 1.82) is 0 Å². The summed E-state index contributed by atoms with van der Waals surface area (Å²) in [5.41, 5.74) is 8.75. The van der Waals surface area contributed by atoms with E-state index in [0.717, 1.165) is 11.1 Å². The van der Waals surface area contributed by atoms with Gasteiger partial charge in [-0.25, -0.2) is 38.4 Å². The molecule has 0 heterocycles. The summed E-state index contributed by atoms with van der Waals surface area (Å²) in [7, 11) is 0. The molecule has 0 saturated heterocycles. The van der Waals surface area contributed by atoms with Gasteiger partial charge in [-0.15, -0.1) is 0 Å². The molecule has 0 atom stereocenters. The average Bonchev–Trinajstić information content (AvgIpc) is 1.86. The van der Waals surface area contributed by atoms with E-state index in [9.17, 15) is 38.4 Å². The third kappa shape index (κ3) is 19.6. The van der Waals surface area contributed by atoms with Crippen LogP contribution < -0.4 is 85.1 Å². The fourth-order valence-corrected chi connectivity index (χ4v) is 9.28. The van der Waals surface area contributed by atoms with Crippen molar-refractivity contribution in [3.05, 3.63) is 230 Å². The normalized spacial score (nSPS) is 10.5. The minimum absolute atomic E-state index is 0.207. The monoisotopic (exact) mass is 1230 g/mol. The zero-order chi connectivity index (χ0) is 64.9. The van der Waals surface area contributed by atoms with Crippen LogP contribution in [0.4, 0.5) is 129 Å². The Labute approximate surface area is 529 Å². The molecule has 16 N–H and O–H groups in total. The van der Waals surface area contributed by atoms with Crippen LogP contribution in [0, 0.1) is 0 Å². The quantitative estimate of drug-likeness (QED) is 0.0391. The number of rotatable bonds is 18. The number of nitrogens with one attached hydrogen (secondary N) is 16. The predicted molar refractivity (Wildman–Crippen MR) is 367 cm³/mol. The van der Waals surface area contributed by atoms with Gasteiger partial charge < -0.3 is 85.1 Å². The molecule has 0 aromatic heterocycles. The second-order valence-corrected chi connectivity index (χ2v) is 21.2. The highest BCUT2D eigenvalue weighted by Crippen LogP contribution is 2.28. The number of hydrogen-bond acceptors (Lipinski definition) is 8. The first kappa shape index (κ1) is 63.6. The topological polar surface area (TPSA) is 329 Å². The highest BCUT2D eigenvalue weighted by atomic mass is 16.2. The number of carbonyl (C=O) groups is 8. The van der Waals surface area contributed by atoms with E-state index >= 15 is 0 Å². The van der Waals surface area contributed by atoms with E-state index < -0.39 is 48.2 Å². The summed E-state index contributed by atoms with van der Waals surface area (Å²) in [5, 5.41) is 44.1. The van der Waals surface area contributed by atoms with Crippen LogP contribution in [0.3, 0.4) is 0 Å². The Kier molecular flexibility index (Phi) is 21.2. The first-order valence-electron chi connectivity index (χ1n) is 28.9. The van der Waals surface area contributed by atoms with Crippen molar-refractivity contribution in [3.8, 4) is 0 Å². The molecule has 16 amide bonds. The first-order chi connectivity index (χ1) is 44.4. The third-order valence-electron chi connectivity index (χ3n) is 13.3. The number of benzene rings is 9. The van der Waals surface area contributed by atoms with Gasteiger partial charge in [0.05, 0.1) is 0 Å². The van der Waals surface area contributed by atoms with E-state index in [4.69, 9.17) is 0 Å². The van der Waals surface area contributed by atoms with E-state index in [1.807, 2.05) is 76.2 Å². The number of carbonyl (C=O) groups excluding carboxylic acids is 8. The highest BCUT2D eigenvalue weighted by molar-refractivity contribution is 6.07. The summed E-state index contributed by atoms with van der Waals surface area (Å²) in [6.07, 6.45) is 0. The van der Waals surface area contributed by atoms with E-state index in [1.165, 1.54) is 0 Å². The molecule has 0 aliphatic rings. The number of para-hydroxylation sites is 2. The van der Waals surface area contributed by atoms with Crippen molar-refractivity contribution in [2.45, 2.75) is 39.5 Å². The lowest BCUT2D eigenvalue weighted by molar-refractivity contribution is 0.261. The molecule has 9 aromatic carbocycles. The van der Waals surface area contributed by atoms with E-state index in [2.05, 4.69) is 85.1 Å². The molecule has 0 aliphatic heterocycles. The highest BCUT2D eigenvalue weighted by Gasteiger charge is 2.15. The Balaban J connectivity index is 0.683. The number of amides is 16. The van der Waals surface area contributed by atoms with Crippen LogP contribution in [-0.2, 0) is 0 Å². The number of hydrogen-bond donors (Lipinski definition) is 16. The molecule has 0 unspecified atom stereocenters. The lowest BCUT2D eigenvalue weighted by Gasteiger charge is -2.15. The molecular formula is C68H66N16O8. The molecule has 0 saturated carbocycles. The minimum atomic E-state index is -0.613. The van der Waals surface area contributed by atoms with Crippen LogP contribution in [-0.4, -0.2) is 48.2 Å². The van der Waals surface area contributed by atoms with Crippen molar-refractivity contribution < 1.29 is 38.4 Å². The van der Waals surface area contributed by atoms with Crippen molar-refractivity contribution in [1.82, 2.24) is 0 Å². The molecule has 466 valence electrons. The van der Waals surface area contributed by atoms with Crippen molar-refractivity contribution in [2.75, 3.05) is 85.1 Å². The molecule has 24 nitrogen and oxygen atoms in total. The summed E-state index contributed by atoms with van der Waals surface area (Å²) in [6, 6.07) is 56.3. The summed E-state index contributed by atoms with van der Waals surface area (Å²) in [5.74, 6) is 0.415. The van der Waals surface area contributed by atoms with Gasteiger partial charge in [-0.05, 0) is 162 Å². The Hall–Kier alpha value is -12.9.